The number of hydrogen-bond donors (Lipinski definition) is 1. The van der Waals surface area contributed by atoms with Crippen LogP contribution >= 0.6 is 0 Å². The van der Waals surface area contributed by atoms with E-state index in [9.17, 15) is 4.79 Å². The number of rotatable bonds is 4. The van der Waals surface area contributed by atoms with Crippen LogP contribution in [-0.4, -0.2) is 39.7 Å². The van der Waals surface area contributed by atoms with Crippen molar-refractivity contribution in [1.29, 1.82) is 0 Å². The molecule has 1 aromatic heterocycles. The van der Waals surface area contributed by atoms with Crippen molar-refractivity contribution in [3.05, 3.63) is 36.1 Å². The third-order valence-electron chi connectivity index (χ3n) is 4.33. The molecule has 22 heavy (non-hydrogen) atoms. The van der Waals surface area contributed by atoms with Crippen LogP contribution in [0, 0.1) is 0 Å². The van der Waals surface area contributed by atoms with Gasteiger partial charge in [0.1, 0.15) is 5.82 Å². The number of carbonyl (C=O) groups excluding carboxylic acids is 1. The molecule has 1 aliphatic heterocycles. The van der Waals surface area contributed by atoms with Crippen molar-refractivity contribution in [1.82, 2.24) is 14.7 Å². The minimum atomic E-state index is -0.0617. The number of nitrogens with zero attached hydrogens (tertiary/aromatic N) is 3. The van der Waals surface area contributed by atoms with Gasteiger partial charge in [-0.2, -0.15) is 5.10 Å². The van der Waals surface area contributed by atoms with Gasteiger partial charge in [-0.3, -0.25) is 9.69 Å². The van der Waals surface area contributed by atoms with Crippen molar-refractivity contribution in [2.75, 3.05) is 18.4 Å². The number of aromatic nitrogens is 2. The van der Waals surface area contributed by atoms with Crippen LogP contribution in [0.3, 0.4) is 0 Å². The van der Waals surface area contributed by atoms with Gasteiger partial charge in [-0.05, 0) is 31.3 Å². The summed E-state index contributed by atoms with van der Waals surface area (Å²) in [5, 5.41) is 7.16. The minimum absolute atomic E-state index is 0.0617. The summed E-state index contributed by atoms with van der Waals surface area (Å²) in [5.41, 5.74) is 1.38. The molecule has 1 unspecified atom stereocenters. The van der Waals surface area contributed by atoms with Crippen LogP contribution in [0.4, 0.5) is 5.82 Å². The van der Waals surface area contributed by atoms with E-state index in [0.717, 1.165) is 31.9 Å². The molecule has 0 saturated heterocycles. The van der Waals surface area contributed by atoms with Crippen LogP contribution < -0.4 is 5.32 Å². The van der Waals surface area contributed by atoms with E-state index >= 15 is 0 Å². The highest BCUT2D eigenvalue weighted by atomic mass is 16.1. The Kier molecular flexibility index (Phi) is 4.73. The van der Waals surface area contributed by atoms with E-state index in [1.54, 1.807) is 6.20 Å². The molecule has 0 radical (unpaired) electrons. The minimum Gasteiger partial charge on any atom is -0.311 e. The number of carbonyl (C=O) groups is 1. The maximum atomic E-state index is 11.2. The second-order valence-electron chi connectivity index (χ2n) is 6.10. The first-order valence-corrected chi connectivity index (χ1v) is 8.10. The molecule has 1 N–H and O–H groups in total. The smallest absolute Gasteiger partial charge is 0.222 e. The van der Waals surface area contributed by atoms with Crippen LogP contribution in [0.2, 0.25) is 0 Å². The Hall–Kier alpha value is -1.88. The maximum absolute atomic E-state index is 11.2. The van der Waals surface area contributed by atoms with Crippen LogP contribution in [-0.2, 0) is 11.3 Å². The Labute approximate surface area is 131 Å². The monoisotopic (exact) mass is 300 g/mol. The Morgan fingerprint density at radius 1 is 1.45 bits per heavy atom. The summed E-state index contributed by atoms with van der Waals surface area (Å²) >= 11 is 0. The van der Waals surface area contributed by atoms with E-state index in [1.165, 1.54) is 31.8 Å². The van der Waals surface area contributed by atoms with Crippen molar-refractivity contribution < 1.29 is 4.79 Å². The van der Waals surface area contributed by atoms with Gasteiger partial charge in [0.15, 0.2) is 0 Å². The molecule has 118 valence electrons. The van der Waals surface area contributed by atoms with E-state index in [2.05, 4.69) is 33.5 Å². The van der Waals surface area contributed by atoms with Crippen LogP contribution in [0.25, 0.3) is 0 Å². The first-order chi connectivity index (χ1) is 10.7. The first kappa shape index (κ1) is 15.0. The van der Waals surface area contributed by atoms with Gasteiger partial charge in [-0.25, -0.2) is 4.68 Å². The second kappa shape index (κ2) is 6.92. The van der Waals surface area contributed by atoms with Crippen LogP contribution in [0.5, 0.6) is 0 Å². The van der Waals surface area contributed by atoms with E-state index < -0.39 is 0 Å². The quantitative estimate of drug-likeness (QED) is 0.870. The maximum Gasteiger partial charge on any atom is 0.222 e. The van der Waals surface area contributed by atoms with Gasteiger partial charge in [-0.1, -0.05) is 18.2 Å². The Balaban J connectivity index is 1.64. The fraction of sp³-hybridized carbons (Fsp3) is 0.529. The summed E-state index contributed by atoms with van der Waals surface area (Å²) in [5.74, 6) is 0.705. The molecule has 1 amide bonds. The van der Waals surface area contributed by atoms with Crippen LogP contribution in [0.1, 0.15) is 32.6 Å². The molecule has 0 bridgehead atoms. The highest BCUT2D eigenvalue weighted by Gasteiger charge is 2.21. The molecular formula is C17H24N4O. The number of nitrogens with one attached hydrogen (secondary N) is 1. The van der Waals surface area contributed by atoms with Crippen molar-refractivity contribution in [3.8, 4) is 0 Å². The number of anilines is 1. The van der Waals surface area contributed by atoms with E-state index in [1.807, 2.05) is 10.7 Å². The van der Waals surface area contributed by atoms with Gasteiger partial charge < -0.3 is 5.32 Å². The molecule has 5 nitrogen and oxygen atoms in total. The number of amides is 1. The van der Waals surface area contributed by atoms with Crippen molar-refractivity contribution in [2.24, 2.45) is 0 Å². The Morgan fingerprint density at radius 2 is 2.36 bits per heavy atom. The standard InChI is InChI=1S/C17H24N4O/c1-14(22)19-17-9-10-18-21(17)13-15-6-5-11-20(12-15)16-7-3-2-4-8-16/h3,6-7,9-10,16H,2,4-5,8,11-13H2,1H3,(H,19,22). The molecule has 1 atom stereocenters. The molecule has 2 heterocycles. The predicted octanol–water partition coefficient (Wildman–Crippen LogP) is 2.58. The lowest BCUT2D eigenvalue weighted by atomic mass is 9.99. The molecule has 2 aliphatic rings. The Bertz CT molecular complexity index is 587. The highest BCUT2D eigenvalue weighted by Crippen LogP contribution is 2.22. The summed E-state index contributed by atoms with van der Waals surface area (Å²) in [6.07, 6.45) is 13.6. The second-order valence-corrected chi connectivity index (χ2v) is 6.10. The lowest BCUT2D eigenvalue weighted by Crippen LogP contribution is -2.39. The normalized spacial score (nSPS) is 22.4. The molecular weight excluding hydrogens is 276 g/mol. The molecule has 1 aromatic rings. The third kappa shape index (κ3) is 3.65. The van der Waals surface area contributed by atoms with Gasteiger partial charge >= 0.3 is 0 Å². The molecule has 5 heteroatoms. The number of allylic oxidation sites excluding steroid dienone is 1. The topological polar surface area (TPSA) is 50.2 Å². The fourth-order valence-electron chi connectivity index (χ4n) is 3.27. The summed E-state index contributed by atoms with van der Waals surface area (Å²) in [7, 11) is 0. The average molecular weight is 300 g/mol. The van der Waals surface area contributed by atoms with E-state index in [4.69, 9.17) is 0 Å². The zero-order valence-corrected chi connectivity index (χ0v) is 13.2. The van der Waals surface area contributed by atoms with E-state index in [0.29, 0.717) is 6.04 Å². The Morgan fingerprint density at radius 3 is 3.14 bits per heavy atom. The molecule has 0 aromatic carbocycles. The van der Waals surface area contributed by atoms with Gasteiger partial charge in [0.25, 0.3) is 0 Å². The van der Waals surface area contributed by atoms with Crippen molar-refractivity contribution in [3.63, 3.8) is 0 Å². The van der Waals surface area contributed by atoms with Gasteiger partial charge in [0.2, 0.25) is 5.91 Å². The highest BCUT2D eigenvalue weighted by molar-refractivity contribution is 5.87. The summed E-state index contributed by atoms with van der Waals surface area (Å²) in [6, 6.07) is 2.43. The molecule has 0 fully saturated rings. The largest absolute Gasteiger partial charge is 0.311 e. The zero-order chi connectivity index (χ0) is 15.4. The predicted molar refractivity (Wildman–Crippen MR) is 87.6 cm³/mol. The molecule has 0 spiro atoms. The van der Waals surface area contributed by atoms with Gasteiger partial charge in [0.05, 0.1) is 12.7 Å². The van der Waals surface area contributed by atoms with Crippen molar-refractivity contribution in [2.45, 2.75) is 45.2 Å². The summed E-state index contributed by atoms with van der Waals surface area (Å²) < 4.78 is 1.87. The lowest BCUT2D eigenvalue weighted by Gasteiger charge is -2.34. The van der Waals surface area contributed by atoms with E-state index in [-0.39, 0.29) is 5.91 Å². The van der Waals surface area contributed by atoms with Gasteiger partial charge in [-0.15, -0.1) is 0 Å². The first-order valence-electron chi connectivity index (χ1n) is 8.10. The summed E-state index contributed by atoms with van der Waals surface area (Å²) in [4.78, 5) is 13.8. The number of hydrogen-bond acceptors (Lipinski definition) is 3. The fourth-order valence-corrected chi connectivity index (χ4v) is 3.27. The van der Waals surface area contributed by atoms with Crippen LogP contribution in [0.15, 0.2) is 36.1 Å². The molecule has 1 aliphatic carbocycles. The third-order valence-corrected chi connectivity index (χ3v) is 4.33. The molecule has 0 saturated carbocycles. The lowest BCUT2D eigenvalue weighted by molar-refractivity contribution is -0.114. The van der Waals surface area contributed by atoms with Crippen molar-refractivity contribution >= 4 is 11.7 Å². The average Bonchev–Trinajstić information content (AvgIpc) is 2.95. The zero-order valence-electron chi connectivity index (χ0n) is 13.2. The summed E-state index contributed by atoms with van der Waals surface area (Å²) in [6.45, 7) is 4.40. The molecule has 3 rings (SSSR count). The SMILES string of the molecule is CC(=O)Nc1ccnn1CC1=CCCN(C2C=CCCC2)C1. The van der Waals surface area contributed by atoms with Gasteiger partial charge in [0, 0.05) is 32.1 Å².